The lowest BCUT2D eigenvalue weighted by molar-refractivity contribution is 0.178. The minimum atomic E-state index is 0.183. The predicted octanol–water partition coefficient (Wildman–Crippen LogP) is 5.06. The third-order valence-corrected chi connectivity index (χ3v) is 5.36. The molecule has 2 nitrogen and oxygen atoms in total. The van der Waals surface area contributed by atoms with Crippen LogP contribution in [0.25, 0.3) is 0 Å². The third-order valence-electron chi connectivity index (χ3n) is 5.36. The van der Waals surface area contributed by atoms with E-state index in [1.165, 1.54) is 30.4 Å². The van der Waals surface area contributed by atoms with Gasteiger partial charge in [-0.25, -0.2) is 0 Å². The van der Waals surface area contributed by atoms with Gasteiger partial charge in [-0.15, -0.1) is 0 Å². The zero-order chi connectivity index (χ0) is 17.0. The number of ether oxygens (including phenoxy) is 1. The maximum absolute atomic E-state index is 6.59. The summed E-state index contributed by atoms with van der Waals surface area (Å²) < 4.78 is 5.91. The number of benzene rings is 2. The zero-order valence-electron chi connectivity index (χ0n) is 14.9. The molecule has 1 fully saturated rings. The Balaban J connectivity index is 1.67. The fourth-order valence-corrected chi connectivity index (χ4v) is 3.79. The fraction of sp³-hybridized carbons (Fsp3) is 0.455. The van der Waals surface area contributed by atoms with Gasteiger partial charge in [-0.3, -0.25) is 0 Å². The van der Waals surface area contributed by atoms with Crippen molar-refractivity contribution in [2.75, 3.05) is 0 Å². The Morgan fingerprint density at radius 2 is 1.67 bits per heavy atom. The second-order valence-electron chi connectivity index (χ2n) is 7.54. The van der Waals surface area contributed by atoms with Gasteiger partial charge in [-0.2, -0.15) is 0 Å². The standard InChI is InChI=1S/C22H29NO/c1-17(2)15-21(23)22(13-6-14-22)19-9-11-20(12-10-19)24-16-18-7-4-3-5-8-18/h3-5,7-12,17,21H,6,13-16,23H2,1-2H3. The molecule has 0 aliphatic heterocycles. The highest BCUT2D eigenvalue weighted by Crippen LogP contribution is 2.47. The second-order valence-corrected chi connectivity index (χ2v) is 7.54. The van der Waals surface area contributed by atoms with Crippen molar-refractivity contribution in [2.24, 2.45) is 11.7 Å². The van der Waals surface area contributed by atoms with Gasteiger partial charge in [0.2, 0.25) is 0 Å². The van der Waals surface area contributed by atoms with E-state index in [-0.39, 0.29) is 11.5 Å². The van der Waals surface area contributed by atoms with E-state index < -0.39 is 0 Å². The van der Waals surface area contributed by atoms with Gasteiger partial charge in [-0.1, -0.05) is 62.7 Å². The van der Waals surface area contributed by atoms with Crippen molar-refractivity contribution in [1.82, 2.24) is 0 Å². The molecule has 0 aromatic heterocycles. The number of rotatable bonds is 7. The van der Waals surface area contributed by atoms with E-state index in [1.807, 2.05) is 18.2 Å². The Labute approximate surface area is 146 Å². The van der Waals surface area contributed by atoms with Crippen LogP contribution in [0, 0.1) is 5.92 Å². The molecule has 1 aliphatic carbocycles. The third kappa shape index (κ3) is 3.64. The summed E-state index contributed by atoms with van der Waals surface area (Å²) in [4.78, 5) is 0. The maximum Gasteiger partial charge on any atom is 0.119 e. The average Bonchev–Trinajstić information content (AvgIpc) is 2.53. The van der Waals surface area contributed by atoms with Gasteiger partial charge < -0.3 is 10.5 Å². The van der Waals surface area contributed by atoms with Crippen molar-refractivity contribution >= 4 is 0 Å². The Bertz CT molecular complexity index is 629. The molecule has 128 valence electrons. The highest BCUT2D eigenvalue weighted by molar-refractivity contribution is 5.35. The maximum atomic E-state index is 6.59. The summed E-state index contributed by atoms with van der Waals surface area (Å²) in [5.41, 5.74) is 9.35. The van der Waals surface area contributed by atoms with Crippen LogP contribution in [0.5, 0.6) is 5.75 Å². The van der Waals surface area contributed by atoms with Gasteiger partial charge in [0.25, 0.3) is 0 Å². The van der Waals surface area contributed by atoms with Crippen molar-refractivity contribution in [2.45, 2.75) is 57.6 Å². The van der Waals surface area contributed by atoms with Crippen LogP contribution in [0.4, 0.5) is 0 Å². The fourth-order valence-electron chi connectivity index (χ4n) is 3.79. The molecule has 2 aromatic rings. The molecule has 0 amide bonds. The van der Waals surface area contributed by atoms with Crippen LogP contribution >= 0.6 is 0 Å². The monoisotopic (exact) mass is 323 g/mol. The van der Waals surface area contributed by atoms with Gasteiger partial charge in [0.1, 0.15) is 12.4 Å². The van der Waals surface area contributed by atoms with E-state index in [9.17, 15) is 0 Å². The summed E-state index contributed by atoms with van der Waals surface area (Å²) in [5.74, 6) is 1.57. The quantitative estimate of drug-likeness (QED) is 0.773. The first-order valence-electron chi connectivity index (χ1n) is 9.13. The average molecular weight is 323 g/mol. The Morgan fingerprint density at radius 1 is 1.00 bits per heavy atom. The van der Waals surface area contributed by atoms with Crippen LogP contribution < -0.4 is 10.5 Å². The van der Waals surface area contributed by atoms with Crippen molar-refractivity contribution in [3.63, 3.8) is 0 Å². The van der Waals surface area contributed by atoms with E-state index in [2.05, 4.69) is 50.2 Å². The molecule has 2 aromatic carbocycles. The highest BCUT2D eigenvalue weighted by Gasteiger charge is 2.43. The first kappa shape index (κ1) is 17.0. The largest absolute Gasteiger partial charge is 0.489 e. The molecule has 3 rings (SSSR count). The summed E-state index contributed by atoms with van der Waals surface area (Å²) in [6.45, 7) is 5.12. The molecule has 0 saturated heterocycles. The van der Waals surface area contributed by atoms with E-state index in [0.29, 0.717) is 12.5 Å². The lowest BCUT2D eigenvalue weighted by Gasteiger charge is -2.47. The molecule has 2 heteroatoms. The summed E-state index contributed by atoms with van der Waals surface area (Å²) in [6, 6.07) is 19.2. The summed E-state index contributed by atoms with van der Waals surface area (Å²) in [7, 11) is 0. The van der Waals surface area contributed by atoms with Crippen LogP contribution in [0.3, 0.4) is 0 Å². The smallest absolute Gasteiger partial charge is 0.119 e. The van der Waals surface area contributed by atoms with Crippen LogP contribution in [-0.4, -0.2) is 6.04 Å². The van der Waals surface area contributed by atoms with Crippen molar-refractivity contribution in [3.8, 4) is 5.75 Å². The van der Waals surface area contributed by atoms with Crippen molar-refractivity contribution < 1.29 is 4.74 Å². The minimum Gasteiger partial charge on any atom is -0.489 e. The predicted molar refractivity (Wildman–Crippen MR) is 100 cm³/mol. The molecule has 1 saturated carbocycles. The van der Waals surface area contributed by atoms with E-state index >= 15 is 0 Å². The van der Waals surface area contributed by atoms with Crippen LogP contribution in [0.1, 0.15) is 50.7 Å². The molecular weight excluding hydrogens is 294 g/mol. The van der Waals surface area contributed by atoms with E-state index in [4.69, 9.17) is 10.5 Å². The SMILES string of the molecule is CC(C)CC(N)C1(c2ccc(OCc3ccccc3)cc2)CCC1. The van der Waals surface area contributed by atoms with Gasteiger partial charge >= 0.3 is 0 Å². The van der Waals surface area contributed by atoms with Gasteiger partial charge in [-0.05, 0) is 48.4 Å². The Hall–Kier alpha value is -1.80. The van der Waals surface area contributed by atoms with Crippen LogP contribution in [-0.2, 0) is 12.0 Å². The van der Waals surface area contributed by atoms with Crippen LogP contribution in [0.15, 0.2) is 54.6 Å². The molecule has 1 unspecified atom stereocenters. The molecule has 1 aliphatic rings. The number of nitrogens with two attached hydrogens (primary N) is 1. The lowest BCUT2D eigenvalue weighted by Crippen LogP contribution is -2.50. The van der Waals surface area contributed by atoms with Gasteiger partial charge in [0, 0.05) is 11.5 Å². The number of hydrogen-bond acceptors (Lipinski definition) is 2. The van der Waals surface area contributed by atoms with Gasteiger partial charge in [0.05, 0.1) is 0 Å². The molecular formula is C22H29NO. The van der Waals surface area contributed by atoms with E-state index in [1.54, 1.807) is 0 Å². The zero-order valence-corrected chi connectivity index (χ0v) is 14.9. The molecule has 0 radical (unpaired) electrons. The normalized spacial score (nSPS) is 17.3. The minimum absolute atomic E-state index is 0.183. The highest BCUT2D eigenvalue weighted by atomic mass is 16.5. The first-order valence-corrected chi connectivity index (χ1v) is 9.13. The molecule has 0 heterocycles. The molecule has 0 bridgehead atoms. The first-order chi connectivity index (χ1) is 11.6. The van der Waals surface area contributed by atoms with Crippen molar-refractivity contribution in [3.05, 3.63) is 65.7 Å². The van der Waals surface area contributed by atoms with Gasteiger partial charge in [0.15, 0.2) is 0 Å². The Morgan fingerprint density at radius 3 is 2.21 bits per heavy atom. The molecule has 24 heavy (non-hydrogen) atoms. The van der Waals surface area contributed by atoms with Crippen LogP contribution in [0.2, 0.25) is 0 Å². The lowest BCUT2D eigenvalue weighted by atomic mass is 9.59. The summed E-state index contributed by atoms with van der Waals surface area (Å²) in [5, 5.41) is 0. The molecule has 1 atom stereocenters. The molecule has 2 N–H and O–H groups in total. The second kappa shape index (κ2) is 7.40. The van der Waals surface area contributed by atoms with Crippen molar-refractivity contribution in [1.29, 1.82) is 0 Å². The van der Waals surface area contributed by atoms with E-state index in [0.717, 1.165) is 12.2 Å². The summed E-state index contributed by atoms with van der Waals surface area (Å²) >= 11 is 0. The number of hydrogen-bond donors (Lipinski definition) is 1. The summed E-state index contributed by atoms with van der Waals surface area (Å²) in [6.07, 6.45) is 4.81. The molecule has 0 spiro atoms. The topological polar surface area (TPSA) is 35.2 Å². The Kier molecular flexibility index (Phi) is 5.25.